The van der Waals surface area contributed by atoms with Gasteiger partial charge in [-0.1, -0.05) is 50.5 Å². The molecule has 194 valence electrons. The maximum atomic E-state index is 10.7. The smallest absolute Gasteiger partial charge is 0.0880 e. The molecule has 1 fully saturated rings. The molecule has 1 rings (SSSR count). The number of allylic oxidation sites excluding steroid dienone is 3. The SMILES string of the molecule is C=C(C)[C@H]1CCC(C)(O)C(OCCC(C)CCCC(C)(C)OCCC(C)CCC=C(C)C)C1. The van der Waals surface area contributed by atoms with Crippen molar-refractivity contribution in [1.82, 2.24) is 0 Å². The first kappa shape index (κ1) is 30.4. The molecular formula is C30H56O3. The van der Waals surface area contributed by atoms with Gasteiger partial charge in [0.2, 0.25) is 0 Å². The summed E-state index contributed by atoms with van der Waals surface area (Å²) in [5.41, 5.74) is 1.88. The zero-order chi connectivity index (χ0) is 25.1. The first-order valence-electron chi connectivity index (χ1n) is 13.6. The van der Waals surface area contributed by atoms with E-state index < -0.39 is 5.60 Å². The lowest BCUT2D eigenvalue weighted by Gasteiger charge is -2.41. The number of aliphatic hydroxyl groups is 1. The average molecular weight is 465 g/mol. The predicted molar refractivity (Wildman–Crippen MR) is 143 cm³/mol. The summed E-state index contributed by atoms with van der Waals surface area (Å²) < 4.78 is 12.4. The standard InChI is InChI=1S/C30H56O3/c1-23(2)12-10-13-25(5)17-21-33-29(7,8)18-11-14-26(6)16-20-32-28-22-27(24(3)4)15-19-30(28,9)31/h12,25-28,31H,3,10-11,13-22H2,1-2,4-9H3/t25?,26?,27-,28?,30?/m0/s1. The fraction of sp³-hybridized carbons (Fsp3) is 0.867. The van der Waals surface area contributed by atoms with Gasteiger partial charge in [-0.15, -0.1) is 0 Å². The summed E-state index contributed by atoms with van der Waals surface area (Å²) in [6.07, 6.45) is 13.1. The topological polar surface area (TPSA) is 38.7 Å². The van der Waals surface area contributed by atoms with E-state index in [4.69, 9.17) is 9.47 Å². The maximum absolute atomic E-state index is 10.7. The second-order valence-corrected chi connectivity index (χ2v) is 12.2. The van der Waals surface area contributed by atoms with E-state index in [2.05, 4.69) is 61.1 Å². The van der Waals surface area contributed by atoms with Crippen LogP contribution in [0.5, 0.6) is 0 Å². The first-order chi connectivity index (χ1) is 15.3. The molecule has 4 unspecified atom stereocenters. The van der Waals surface area contributed by atoms with Crippen LogP contribution in [0.1, 0.15) is 120 Å². The highest BCUT2D eigenvalue weighted by Crippen LogP contribution is 2.37. The highest BCUT2D eigenvalue weighted by Gasteiger charge is 2.39. The molecule has 1 aliphatic carbocycles. The highest BCUT2D eigenvalue weighted by molar-refractivity contribution is 5.03. The van der Waals surface area contributed by atoms with Crippen LogP contribution in [0.2, 0.25) is 0 Å². The predicted octanol–water partition coefficient (Wildman–Crippen LogP) is 8.26. The fourth-order valence-corrected chi connectivity index (χ4v) is 4.79. The second kappa shape index (κ2) is 14.7. The van der Waals surface area contributed by atoms with Gasteiger partial charge in [0.25, 0.3) is 0 Å². The van der Waals surface area contributed by atoms with Gasteiger partial charge >= 0.3 is 0 Å². The minimum Gasteiger partial charge on any atom is -0.387 e. The van der Waals surface area contributed by atoms with E-state index in [1.54, 1.807) is 0 Å². The van der Waals surface area contributed by atoms with Gasteiger partial charge in [-0.05, 0) is 111 Å². The summed E-state index contributed by atoms with van der Waals surface area (Å²) in [5.74, 6) is 1.82. The Balaban J connectivity index is 2.21. The lowest BCUT2D eigenvalue weighted by molar-refractivity contribution is -0.129. The molecule has 0 aromatic rings. The van der Waals surface area contributed by atoms with E-state index in [0.29, 0.717) is 17.8 Å². The van der Waals surface area contributed by atoms with Gasteiger partial charge in [-0.3, -0.25) is 0 Å². The van der Waals surface area contributed by atoms with Gasteiger partial charge in [0.05, 0.1) is 17.3 Å². The van der Waals surface area contributed by atoms with Crippen molar-refractivity contribution in [3.8, 4) is 0 Å². The van der Waals surface area contributed by atoms with Crippen LogP contribution in [0.3, 0.4) is 0 Å². The van der Waals surface area contributed by atoms with Crippen LogP contribution >= 0.6 is 0 Å². The summed E-state index contributed by atoms with van der Waals surface area (Å²) in [6, 6.07) is 0. The van der Waals surface area contributed by atoms with E-state index in [0.717, 1.165) is 51.7 Å². The van der Waals surface area contributed by atoms with Crippen LogP contribution in [0.4, 0.5) is 0 Å². The van der Waals surface area contributed by atoms with Crippen LogP contribution in [-0.4, -0.2) is 35.6 Å². The molecule has 3 nitrogen and oxygen atoms in total. The van der Waals surface area contributed by atoms with E-state index in [1.165, 1.54) is 36.8 Å². The van der Waals surface area contributed by atoms with Crippen LogP contribution in [0.25, 0.3) is 0 Å². The number of hydrogen-bond donors (Lipinski definition) is 1. The minimum absolute atomic E-state index is 0.0474. The molecule has 0 radical (unpaired) electrons. The van der Waals surface area contributed by atoms with E-state index >= 15 is 0 Å². The molecule has 0 aromatic heterocycles. The second-order valence-electron chi connectivity index (χ2n) is 12.2. The van der Waals surface area contributed by atoms with Gasteiger partial charge in [0.15, 0.2) is 0 Å². The third-order valence-electron chi connectivity index (χ3n) is 7.61. The highest BCUT2D eigenvalue weighted by atomic mass is 16.5. The van der Waals surface area contributed by atoms with Crippen molar-refractivity contribution in [1.29, 1.82) is 0 Å². The average Bonchev–Trinajstić information content (AvgIpc) is 2.68. The van der Waals surface area contributed by atoms with Crippen molar-refractivity contribution in [3.05, 3.63) is 23.8 Å². The quantitative estimate of drug-likeness (QED) is 0.234. The normalized spacial score (nSPS) is 25.5. The summed E-state index contributed by atoms with van der Waals surface area (Å²) in [5, 5.41) is 10.7. The number of rotatable bonds is 16. The molecule has 0 aromatic carbocycles. The molecule has 0 bridgehead atoms. The van der Waals surface area contributed by atoms with Crippen LogP contribution in [0, 0.1) is 17.8 Å². The monoisotopic (exact) mass is 464 g/mol. The molecule has 0 spiro atoms. The Kier molecular flexibility index (Phi) is 13.5. The van der Waals surface area contributed by atoms with Gasteiger partial charge in [0, 0.05) is 13.2 Å². The molecular weight excluding hydrogens is 408 g/mol. The van der Waals surface area contributed by atoms with Gasteiger partial charge in [-0.25, -0.2) is 0 Å². The molecule has 0 amide bonds. The Hall–Kier alpha value is -0.640. The lowest BCUT2D eigenvalue weighted by atomic mass is 9.75. The molecule has 0 heterocycles. The van der Waals surface area contributed by atoms with Crippen LogP contribution in [-0.2, 0) is 9.47 Å². The summed E-state index contributed by atoms with van der Waals surface area (Å²) in [7, 11) is 0. The summed E-state index contributed by atoms with van der Waals surface area (Å²) in [6.45, 7) is 23.2. The van der Waals surface area contributed by atoms with Gasteiger partial charge < -0.3 is 14.6 Å². The largest absolute Gasteiger partial charge is 0.387 e. The van der Waals surface area contributed by atoms with Crippen LogP contribution in [0.15, 0.2) is 23.8 Å². The molecule has 0 aliphatic heterocycles. The molecule has 1 saturated carbocycles. The molecule has 33 heavy (non-hydrogen) atoms. The van der Waals surface area contributed by atoms with Gasteiger partial charge in [0.1, 0.15) is 0 Å². The summed E-state index contributed by atoms with van der Waals surface area (Å²) >= 11 is 0. The zero-order valence-electron chi connectivity index (χ0n) is 23.3. The van der Waals surface area contributed by atoms with E-state index in [1.807, 2.05) is 6.92 Å². The number of hydrogen-bond acceptors (Lipinski definition) is 3. The zero-order valence-corrected chi connectivity index (χ0v) is 23.3. The van der Waals surface area contributed by atoms with Crippen molar-refractivity contribution in [3.63, 3.8) is 0 Å². The molecule has 3 heteroatoms. The van der Waals surface area contributed by atoms with Crippen molar-refractivity contribution in [2.24, 2.45) is 17.8 Å². The van der Waals surface area contributed by atoms with Crippen molar-refractivity contribution in [2.75, 3.05) is 13.2 Å². The Bertz CT molecular complexity index is 585. The van der Waals surface area contributed by atoms with Crippen molar-refractivity contribution < 1.29 is 14.6 Å². The van der Waals surface area contributed by atoms with Crippen molar-refractivity contribution in [2.45, 2.75) is 137 Å². The van der Waals surface area contributed by atoms with Crippen molar-refractivity contribution >= 4 is 0 Å². The Morgan fingerprint density at radius 2 is 1.73 bits per heavy atom. The Morgan fingerprint density at radius 3 is 2.36 bits per heavy atom. The Morgan fingerprint density at radius 1 is 1.09 bits per heavy atom. The van der Waals surface area contributed by atoms with Crippen LogP contribution < -0.4 is 0 Å². The molecule has 1 N–H and O–H groups in total. The Labute approximate surface area is 206 Å². The van der Waals surface area contributed by atoms with Gasteiger partial charge in [-0.2, -0.15) is 0 Å². The third kappa shape index (κ3) is 13.1. The first-order valence-corrected chi connectivity index (χ1v) is 13.6. The van der Waals surface area contributed by atoms with E-state index in [-0.39, 0.29) is 11.7 Å². The molecule has 5 atom stereocenters. The summed E-state index contributed by atoms with van der Waals surface area (Å²) in [4.78, 5) is 0. The maximum Gasteiger partial charge on any atom is 0.0880 e. The lowest BCUT2D eigenvalue weighted by Crippen LogP contribution is -2.46. The van der Waals surface area contributed by atoms with E-state index in [9.17, 15) is 5.11 Å². The molecule has 1 aliphatic rings. The molecule has 0 saturated heterocycles. The fourth-order valence-electron chi connectivity index (χ4n) is 4.79. The third-order valence-corrected chi connectivity index (χ3v) is 7.61. The number of ether oxygens (including phenoxy) is 2. The minimum atomic E-state index is -0.709.